The molecule has 0 amide bonds. The molecule has 3 unspecified atom stereocenters. The average molecular weight is 398 g/mol. The zero-order valence-electron chi connectivity index (χ0n) is 18.0. The summed E-state index contributed by atoms with van der Waals surface area (Å²) in [6.45, 7) is 12.4. The van der Waals surface area contributed by atoms with Crippen molar-refractivity contribution < 1.29 is 4.74 Å². The third-order valence-corrected chi connectivity index (χ3v) is 6.34. The average Bonchev–Trinajstić information content (AvgIpc) is 3.38. The van der Waals surface area contributed by atoms with Crippen molar-refractivity contribution in [1.29, 1.82) is 0 Å². The van der Waals surface area contributed by atoms with Crippen molar-refractivity contribution in [2.75, 3.05) is 11.9 Å². The van der Waals surface area contributed by atoms with Gasteiger partial charge in [-0.25, -0.2) is 19.9 Å². The van der Waals surface area contributed by atoms with Crippen molar-refractivity contribution in [3.8, 4) is 0 Å². The minimum Gasteiger partial charge on any atom is -0.368 e. The van der Waals surface area contributed by atoms with Crippen LogP contribution in [0.25, 0.3) is 11.2 Å². The fourth-order valence-corrected chi connectivity index (χ4v) is 4.36. The van der Waals surface area contributed by atoms with Crippen molar-refractivity contribution in [1.82, 2.24) is 29.1 Å². The quantitative estimate of drug-likeness (QED) is 0.612. The Labute approximate surface area is 171 Å². The molecule has 29 heavy (non-hydrogen) atoms. The van der Waals surface area contributed by atoms with Crippen LogP contribution in [0.1, 0.15) is 52.8 Å². The molecule has 0 aliphatic carbocycles. The van der Waals surface area contributed by atoms with Gasteiger partial charge in [0.15, 0.2) is 17.0 Å². The van der Waals surface area contributed by atoms with Gasteiger partial charge >= 0.3 is 0 Å². The van der Waals surface area contributed by atoms with Crippen LogP contribution in [0.5, 0.6) is 0 Å². The van der Waals surface area contributed by atoms with Crippen LogP contribution in [0.15, 0.2) is 25.0 Å². The number of rotatable bonds is 7. The number of anilines is 1. The highest BCUT2D eigenvalue weighted by Crippen LogP contribution is 2.47. The topological polar surface area (TPSA) is 82.7 Å². The highest BCUT2D eigenvalue weighted by Gasteiger charge is 2.49. The van der Waals surface area contributed by atoms with Gasteiger partial charge in [-0.15, -0.1) is 0 Å². The van der Waals surface area contributed by atoms with Crippen LogP contribution < -0.4 is 5.32 Å². The molecule has 8 heteroatoms. The summed E-state index contributed by atoms with van der Waals surface area (Å²) in [6.07, 6.45) is 10.3. The summed E-state index contributed by atoms with van der Waals surface area (Å²) in [5, 5.41) is 3.44. The Bertz CT molecular complexity index is 982. The van der Waals surface area contributed by atoms with Gasteiger partial charge in [0.1, 0.15) is 11.5 Å². The van der Waals surface area contributed by atoms with Gasteiger partial charge in [-0.05, 0) is 39.5 Å². The van der Waals surface area contributed by atoms with Crippen molar-refractivity contribution in [2.24, 2.45) is 5.92 Å². The van der Waals surface area contributed by atoms with E-state index in [1.165, 1.54) is 0 Å². The highest BCUT2D eigenvalue weighted by atomic mass is 16.5. The number of hydrogen-bond acceptors (Lipinski definition) is 6. The Morgan fingerprint density at radius 3 is 2.79 bits per heavy atom. The molecule has 1 aliphatic heterocycles. The first-order valence-electron chi connectivity index (χ1n) is 10.5. The lowest BCUT2D eigenvalue weighted by molar-refractivity contribution is -0.135. The smallest absolute Gasteiger partial charge is 0.168 e. The van der Waals surface area contributed by atoms with Crippen LogP contribution in [0.3, 0.4) is 0 Å². The molecule has 3 aromatic heterocycles. The Hall–Kier alpha value is -2.48. The number of fused-ring (bicyclic) bond motifs is 1. The maximum Gasteiger partial charge on any atom is 0.168 e. The van der Waals surface area contributed by atoms with Crippen LogP contribution in [-0.2, 0) is 17.0 Å². The summed E-state index contributed by atoms with van der Waals surface area (Å²) in [4.78, 5) is 18.0. The molecular weight excluding hydrogens is 366 g/mol. The van der Waals surface area contributed by atoms with Gasteiger partial charge in [0.25, 0.3) is 0 Å². The molecule has 1 saturated heterocycles. The Morgan fingerprint density at radius 2 is 2.10 bits per heavy atom. The molecule has 0 radical (unpaired) electrons. The van der Waals surface area contributed by atoms with Crippen molar-refractivity contribution in [3.05, 3.63) is 30.9 Å². The van der Waals surface area contributed by atoms with E-state index in [9.17, 15) is 0 Å². The first kappa shape index (κ1) is 19.8. The van der Waals surface area contributed by atoms with Crippen LogP contribution in [-0.4, -0.2) is 41.2 Å². The van der Waals surface area contributed by atoms with E-state index in [-0.39, 0.29) is 5.60 Å². The number of imidazole rings is 2. The Kier molecular flexibility index (Phi) is 5.06. The number of aromatic nitrogens is 6. The molecule has 0 aromatic carbocycles. The first-order valence-corrected chi connectivity index (χ1v) is 10.5. The van der Waals surface area contributed by atoms with Gasteiger partial charge in [0.05, 0.1) is 18.3 Å². The third kappa shape index (κ3) is 3.61. The van der Waals surface area contributed by atoms with E-state index in [1.807, 2.05) is 25.8 Å². The lowest BCUT2D eigenvalue weighted by atomic mass is 9.87. The van der Waals surface area contributed by atoms with Crippen LogP contribution in [0.4, 0.5) is 5.82 Å². The van der Waals surface area contributed by atoms with Crippen LogP contribution in [0, 0.1) is 12.8 Å². The van der Waals surface area contributed by atoms with Gasteiger partial charge < -0.3 is 14.6 Å². The second kappa shape index (κ2) is 7.40. The molecule has 8 nitrogen and oxygen atoms in total. The summed E-state index contributed by atoms with van der Waals surface area (Å²) in [6, 6.07) is 0. The van der Waals surface area contributed by atoms with Gasteiger partial charge in [0.2, 0.25) is 0 Å². The Morgan fingerprint density at radius 1 is 1.28 bits per heavy atom. The normalized spacial score (nSPS) is 27.0. The molecule has 3 atom stereocenters. The minimum atomic E-state index is -0.460. The summed E-state index contributed by atoms with van der Waals surface area (Å²) in [7, 11) is 0. The molecule has 1 aliphatic rings. The number of hydrogen-bond donors (Lipinski definition) is 1. The van der Waals surface area contributed by atoms with Crippen molar-refractivity contribution in [3.63, 3.8) is 0 Å². The van der Waals surface area contributed by atoms with Crippen LogP contribution >= 0.6 is 0 Å². The zero-order valence-corrected chi connectivity index (χ0v) is 18.0. The molecule has 4 rings (SSSR count). The van der Waals surface area contributed by atoms with Gasteiger partial charge in [-0.3, -0.25) is 4.57 Å². The number of nitrogens with zero attached hydrogens (tertiary/aromatic N) is 6. The predicted octanol–water partition coefficient (Wildman–Crippen LogP) is 3.73. The molecule has 156 valence electrons. The van der Waals surface area contributed by atoms with E-state index in [0.29, 0.717) is 5.92 Å². The predicted molar refractivity (Wildman–Crippen MR) is 113 cm³/mol. The largest absolute Gasteiger partial charge is 0.368 e. The van der Waals surface area contributed by atoms with E-state index < -0.39 is 5.72 Å². The minimum absolute atomic E-state index is 0.137. The van der Waals surface area contributed by atoms with Gasteiger partial charge in [-0.1, -0.05) is 13.8 Å². The van der Waals surface area contributed by atoms with Gasteiger partial charge in [0, 0.05) is 31.9 Å². The number of aryl methyl sites for hydroxylation is 2. The second-order valence-electron chi connectivity index (χ2n) is 8.54. The lowest BCUT2D eigenvalue weighted by Crippen LogP contribution is -2.34. The maximum absolute atomic E-state index is 6.60. The Balaban J connectivity index is 1.57. The van der Waals surface area contributed by atoms with Crippen molar-refractivity contribution >= 4 is 17.0 Å². The summed E-state index contributed by atoms with van der Waals surface area (Å²) in [5.74, 6) is 1.97. The standard InChI is InChI=1S/C21H31N7O/c1-6-20(4)15(2)12-21(5,29-20)28-14-24-17-18(25-16(3)26-19(17)28)23-8-7-10-27-11-9-22-13-27/h9,11,13-15H,6-8,10,12H2,1-5H3,(H,23,25,26). The SMILES string of the molecule is CCC1(C)OC(C)(n2cnc3c(NCCCn4ccnc4)nc(C)nc32)CC1C. The lowest BCUT2D eigenvalue weighted by Gasteiger charge is -2.31. The molecular formula is C21H31N7O. The highest BCUT2D eigenvalue weighted by molar-refractivity contribution is 5.83. The molecule has 0 spiro atoms. The molecule has 4 heterocycles. The summed E-state index contributed by atoms with van der Waals surface area (Å²) < 4.78 is 10.8. The van der Waals surface area contributed by atoms with E-state index in [2.05, 4.69) is 57.1 Å². The molecule has 3 aromatic rings. The van der Waals surface area contributed by atoms with E-state index in [0.717, 1.165) is 55.2 Å². The van der Waals surface area contributed by atoms with E-state index in [1.54, 1.807) is 6.20 Å². The fourth-order valence-electron chi connectivity index (χ4n) is 4.36. The van der Waals surface area contributed by atoms with Crippen molar-refractivity contribution in [2.45, 2.75) is 71.8 Å². The fraction of sp³-hybridized carbons (Fsp3) is 0.619. The zero-order chi connectivity index (χ0) is 20.6. The summed E-state index contributed by atoms with van der Waals surface area (Å²) >= 11 is 0. The van der Waals surface area contributed by atoms with Crippen LogP contribution in [0.2, 0.25) is 0 Å². The van der Waals surface area contributed by atoms with Gasteiger partial charge in [-0.2, -0.15) is 0 Å². The molecule has 0 saturated carbocycles. The monoisotopic (exact) mass is 397 g/mol. The summed E-state index contributed by atoms with van der Waals surface area (Å²) in [5.41, 5.74) is 1.02. The number of nitrogens with one attached hydrogen (secondary N) is 1. The second-order valence-corrected chi connectivity index (χ2v) is 8.54. The molecule has 1 fully saturated rings. The first-order chi connectivity index (χ1) is 13.8. The van der Waals surface area contributed by atoms with E-state index >= 15 is 0 Å². The maximum atomic E-state index is 6.60. The number of ether oxygens (including phenoxy) is 1. The van der Waals surface area contributed by atoms with E-state index in [4.69, 9.17) is 9.72 Å². The molecule has 0 bridgehead atoms. The molecule has 1 N–H and O–H groups in total. The third-order valence-electron chi connectivity index (χ3n) is 6.34.